The molecule has 0 radical (unpaired) electrons. The van der Waals surface area contributed by atoms with Crippen molar-refractivity contribution in [3.05, 3.63) is 47.8 Å². The highest BCUT2D eigenvalue weighted by atomic mass is 16.5. The maximum atomic E-state index is 5.37. The molecule has 14 heavy (non-hydrogen) atoms. The molecule has 1 heterocycles. The zero-order valence-electron chi connectivity index (χ0n) is 8.32. The van der Waals surface area contributed by atoms with Gasteiger partial charge in [0.2, 0.25) is 0 Å². The molecule has 1 aliphatic heterocycles. The average Bonchev–Trinajstić information content (AvgIpc) is 2.30. The van der Waals surface area contributed by atoms with Crippen molar-refractivity contribution in [2.24, 2.45) is 0 Å². The van der Waals surface area contributed by atoms with E-state index in [9.17, 15) is 0 Å². The van der Waals surface area contributed by atoms with Crippen molar-refractivity contribution in [3.8, 4) is 0 Å². The Hall–Kier alpha value is -1.44. The summed E-state index contributed by atoms with van der Waals surface area (Å²) in [6, 6.07) is 0. The first-order chi connectivity index (χ1) is 6.90. The van der Waals surface area contributed by atoms with Gasteiger partial charge in [-0.25, -0.2) is 0 Å². The fraction of sp³-hybridized carbons (Fsp3) is 0.333. The van der Waals surface area contributed by atoms with Gasteiger partial charge in [-0.3, -0.25) is 0 Å². The van der Waals surface area contributed by atoms with Gasteiger partial charge in [-0.1, -0.05) is 24.6 Å². The Kier molecular flexibility index (Phi) is 2.73. The zero-order chi connectivity index (χ0) is 9.80. The summed E-state index contributed by atoms with van der Waals surface area (Å²) >= 11 is 0. The standard InChI is InChI=1S/C12H14O2/c1-2-10-4-3-5-11(8-10)12-9-13-6-7-14-12/h4,6-9H,2-3,5H2,1H3. The van der Waals surface area contributed by atoms with Crippen molar-refractivity contribution in [2.75, 3.05) is 0 Å². The van der Waals surface area contributed by atoms with Crippen LogP contribution in [-0.2, 0) is 9.47 Å². The lowest BCUT2D eigenvalue weighted by Gasteiger charge is -2.16. The molecule has 0 bridgehead atoms. The van der Waals surface area contributed by atoms with Gasteiger partial charge in [0, 0.05) is 0 Å². The molecule has 2 nitrogen and oxygen atoms in total. The Morgan fingerprint density at radius 3 is 3.00 bits per heavy atom. The van der Waals surface area contributed by atoms with Crippen molar-refractivity contribution in [3.63, 3.8) is 0 Å². The number of allylic oxidation sites excluding steroid dienone is 4. The van der Waals surface area contributed by atoms with Gasteiger partial charge >= 0.3 is 0 Å². The normalized spacial score (nSPS) is 20.2. The predicted octanol–water partition coefficient (Wildman–Crippen LogP) is 3.40. The van der Waals surface area contributed by atoms with Crippen LogP contribution in [0.4, 0.5) is 0 Å². The van der Waals surface area contributed by atoms with Gasteiger partial charge < -0.3 is 9.47 Å². The van der Waals surface area contributed by atoms with E-state index in [1.807, 2.05) is 0 Å². The lowest BCUT2D eigenvalue weighted by molar-refractivity contribution is 0.262. The van der Waals surface area contributed by atoms with Crippen LogP contribution in [0.3, 0.4) is 0 Å². The van der Waals surface area contributed by atoms with E-state index in [0.717, 1.165) is 25.0 Å². The Morgan fingerprint density at radius 1 is 1.36 bits per heavy atom. The fourth-order valence-corrected chi connectivity index (χ4v) is 1.62. The minimum atomic E-state index is 0.839. The van der Waals surface area contributed by atoms with Crippen LogP contribution in [0.5, 0.6) is 0 Å². The SMILES string of the molecule is CCC1=CCCC(C2=COC=CO2)=C1. The summed E-state index contributed by atoms with van der Waals surface area (Å²) in [5.74, 6) is 0.839. The Bertz CT molecular complexity index is 332. The van der Waals surface area contributed by atoms with E-state index in [2.05, 4.69) is 19.1 Å². The van der Waals surface area contributed by atoms with Gasteiger partial charge in [0.05, 0.1) is 0 Å². The molecule has 0 fully saturated rings. The van der Waals surface area contributed by atoms with Gasteiger partial charge in [0.25, 0.3) is 0 Å². The number of hydrogen-bond acceptors (Lipinski definition) is 2. The highest BCUT2D eigenvalue weighted by Crippen LogP contribution is 2.26. The van der Waals surface area contributed by atoms with Gasteiger partial charge in [-0.15, -0.1) is 0 Å². The van der Waals surface area contributed by atoms with E-state index in [4.69, 9.17) is 9.47 Å². The molecule has 0 spiro atoms. The lowest BCUT2D eigenvalue weighted by atomic mass is 9.97. The quantitative estimate of drug-likeness (QED) is 0.664. The molecule has 1 aliphatic carbocycles. The summed E-state index contributed by atoms with van der Waals surface area (Å²) in [4.78, 5) is 0. The maximum Gasteiger partial charge on any atom is 0.164 e. The van der Waals surface area contributed by atoms with E-state index in [0.29, 0.717) is 0 Å². The van der Waals surface area contributed by atoms with Crippen LogP contribution in [-0.4, -0.2) is 0 Å². The Balaban J connectivity index is 2.14. The van der Waals surface area contributed by atoms with E-state index in [1.54, 1.807) is 12.5 Å². The smallest absolute Gasteiger partial charge is 0.164 e. The van der Waals surface area contributed by atoms with Crippen LogP contribution in [0.15, 0.2) is 47.8 Å². The van der Waals surface area contributed by atoms with Gasteiger partial charge in [-0.05, 0) is 24.8 Å². The molecule has 2 heteroatoms. The van der Waals surface area contributed by atoms with Crippen LogP contribution in [0.1, 0.15) is 26.2 Å². The number of ether oxygens (including phenoxy) is 2. The summed E-state index contributed by atoms with van der Waals surface area (Å²) in [5, 5.41) is 0. The van der Waals surface area contributed by atoms with E-state index < -0.39 is 0 Å². The molecule has 0 aromatic carbocycles. The highest BCUT2D eigenvalue weighted by Gasteiger charge is 2.12. The number of hydrogen-bond donors (Lipinski definition) is 0. The molecule has 0 amide bonds. The summed E-state index contributed by atoms with van der Waals surface area (Å²) in [5.41, 5.74) is 2.61. The van der Waals surface area contributed by atoms with Gasteiger partial charge in [0.1, 0.15) is 18.8 Å². The second-order valence-corrected chi connectivity index (χ2v) is 3.35. The summed E-state index contributed by atoms with van der Waals surface area (Å²) < 4.78 is 10.4. The highest BCUT2D eigenvalue weighted by molar-refractivity contribution is 5.37. The van der Waals surface area contributed by atoms with Gasteiger partial charge in [-0.2, -0.15) is 0 Å². The van der Waals surface area contributed by atoms with E-state index >= 15 is 0 Å². The van der Waals surface area contributed by atoms with Gasteiger partial charge in [0.15, 0.2) is 5.76 Å². The van der Waals surface area contributed by atoms with Crippen LogP contribution in [0.2, 0.25) is 0 Å². The first kappa shape index (κ1) is 9.13. The molecule has 0 saturated carbocycles. The van der Waals surface area contributed by atoms with Crippen LogP contribution in [0.25, 0.3) is 0 Å². The van der Waals surface area contributed by atoms with E-state index in [1.165, 1.54) is 17.4 Å². The molecule has 0 aromatic heterocycles. The molecule has 0 saturated heterocycles. The van der Waals surface area contributed by atoms with E-state index in [-0.39, 0.29) is 0 Å². The molecule has 0 N–H and O–H groups in total. The largest absolute Gasteiger partial charge is 0.466 e. The minimum Gasteiger partial charge on any atom is -0.466 e. The lowest BCUT2D eigenvalue weighted by Crippen LogP contribution is -2.00. The summed E-state index contributed by atoms with van der Waals surface area (Å²) in [7, 11) is 0. The predicted molar refractivity (Wildman–Crippen MR) is 55.1 cm³/mol. The third kappa shape index (κ3) is 1.90. The van der Waals surface area contributed by atoms with Crippen molar-refractivity contribution in [2.45, 2.75) is 26.2 Å². The molecular formula is C12H14O2. The van der Waals surface area contributed by atoms with Crippen molar-refractivity contribution in [1.82, 2.24) is 0 Å². The monoisotopic (exact) mass is 190 g/mol. The first-order valence-electron chi connectivity index (χ1n) is 4.97. The molecule has 0 aromatic rings. The molecule has 2 aliphatic rings. The van der Waals surface area contributed by atoms with Crippen molar-refractivity contribution in [1.29, 1.82) is 0 Å². The Morgan fingerprint density at radius 2 is 2.29 bits per heavy atom. The molecular weight excluding hydrogens is 176 g/mol. The third-order valence-electron chi connectivity index (χ3n) is 2.41. The molecule has 0 atom stereocenters. The molecule has 2 rings (SSSR count). The van der Waals surface area contributed by atoms with Crippen LogP contribution in [0, 0.1) is 0 Å². The summed E-state index contributed by atoms with van der Waals surface area (Å²) in [6.45, 7) is 2.16. The van der Waals surface area contributed by atoms with Crippen molar-refractivity contribution < 1.29 is 9.47 Å². The fourth-order valence-electron chi connectivity index (χ4n) is 1.62. The second-order valence-electron chi connectivity index (χ2n) is 3.35. The zero-order valence-corrected chi connectivity index (χ0v) is 8.32. The molecule has 0 unspecified atom stereocenters. The van der Waals surface area contributed by atoms with Crippen LogP contribution >= 0.6 is 0 Å². The topological polar surface area (TPSA) is 18.5 Å². The second kappa shape index (κ2) is 4.18. The molecule has 74 valence electrons. The summed E-state index contributed by atoms with van der Waals surface area (Å²) in [6.07, 6.45) is 12.4. The van der Waals surface area contributed by atoms with Crippen LogP contribution < -0.4 is 0 Å². The minimum absolute atomic E-state index is 0.839. The Labute approximate surface area is 84.2 Å². The number of rotatable bonds is 2. The maximum absolute atomic E-state index is 5.37. The first-order valence-corrected chi connectivity index (χ1v) is 4.97. The van der Waals surface area contributed by atoms with Crippen molar-refractivity contribution >= 4 is 0 Å². The third-order valence-corrected chi connectivity index (χ3v) is 2.41. The average molecular weight is 190 g/mol.